The molecule has 0 aliphatic heterocycles. The molecule has 1 atom stereocenters. The van der Waals surface area contributed by atoms with Crippen molar-refractivity contribution in [2.24, 2.45) is 5.14 Å². The Balaban J connectivity index is 2.45. The molecule has 1 heterocycles. The topological polar surface area (TPSA) is 167 Å². The average Bonchev–Trinajstić information content (AvgIpc) is 2.79. The summed E-state index contributed by atoms with van der Waals surface area (Å²) < 4.78 is 21.3. The van der Waals surface area contributed by atoms with Crippen LogP contribution in [0.25, 0.3) is 0 Å². The first-order chi connectivity index (χ1) is 9.28. The third kappa shape index (κ3) is 6.15. The van der Waals surface area contributed by atoms with Gasteiger partial charge in [-0.25, -0.2) is 28.1 Å². The summed E-state index contributed by atoms with van der Waals surface area (Å²) in [5, 5.41) is 18.2. The van der Waals surface area contributed by atoms with E-state index < -0.39 is 33.8 Å². The van der Waals surface area contributed by atoms with Gasteiger partial charge in [0.25, 0.3) is 0 Å². The maximum absolute atomic E-state index is 11.4. The number of imidazole rings is 1. The molecule has 112 valence electrons. The smallest absolute Gasteiger partial charge is 0.326 e. The van der Waals surface area contributed by atoms with E-state index in [2.05, 4.69) is 20.6 Å². The number of nitrogens with zero attached hydrogens (tertiary/aromatic N) is 1. The molecule has 0 aliphatic carbocycles. The molecule has 10 nitrogen and oxygen atoms in total. The lowest BCUT2D eigenvalue weighted by Gasteiger charge is -2.14. The summed E-state index contributed by atoms with van der Waals surface area (Å²) in [6.07, 6.45) is 2.86. The summed E-state index contributed by atoms with van der Waals surface area (Å²) in [7, 11) is -3.68. The monoisotopic (exact) mass is 305 g/mol. The van der Waals surface area contributed by atoms with Crippen molar-refractivity contribution in [3.8, 4) is 0 Å². The van der Waals surface area contributed by atoms with Gasteiger partial charge in [0.05, 0.1) is 12.1 Å². The molecular formula is C9H15N5O5S. The van der Waals surface area contributed by atoms with Gasteiger partial charge in [-0.3, -0.25) is 0 Å². The van der Waals surface area contributed by atoms with E-state index in [0.29, 0.717) is 5.69 Å². The molecule has 0 unspecified atom stereocenters. The van der Waals surface area contributed by atoms with Crippen LogP contribution in [-0.2, 0) is 21.2 Å². The Bertz CT molecular complexity index is 555. The van der Waals surface area contributed by atoms with Gasteiger partial charge in [-0.1, -0.05) is 0 Å². The van der Waals surface area contributed by atoms with Crippen molar-refractivity contribution < 1.29 is 23.1 Å². The number of urea groups is 1. The predicted molar refractivity (Wildman–Crippen MR) is 68.2 cm³/mol. The molecule has 0 saturated heterocycles. The Kier molecular flexibility index (Phi) is 5.46. The largest absolute Gasteiger partial charge is 0.480 e. The highest BCUT2D eigenvalue weighted by atomic mass is 32.2. The fraction of sp³-hybridized carbons (Fsp3) is 0.444. The number of aliphatic carboxylic acids is 1. The normalized spacial score (nSPS) is 12.7. The van der Waals surface area contributed by atoms with Crippen LogP contribution in [0.2, 0.25) is 0 Å². The van der Waals surface area contributed by atoms with Crippen molar-refractivity contribution in [3.63, 3.8) is 0 Å². The third-order valence-corrected chi connectivity index (χ3v) is 3.03. The lowest BCUT2D eigenvalue weighted by atomic mass is 10.2. The van der Waals surface area contributed by atoms with Gasteiger partial charge in [0.2, 0.25) is 10.0 Å². The van der Waals surface area contributed by atoms with E-state index in [9.17, 15) is 18.0 Å². The molecule has 1 aromatic rings. The molecule has 0 aromatic carbocycles. The van der Waals surface area contributed by atoms with E-state index in [1.165, 1.54) is 12.5 Å². The van der Waals surface area contributed by atoms with E-state index in [4.69, 9.17) is 10.2 Å². The lowest BCUT2D eigenvalue weighted by Crippen LogP contribution is -2.48. The van der Waals surface area contributed by atoms with Crippen LogP contribution in [0.5, 0.6) is 0 Å². The number of aromatic amines is 1. The van der Waals surface area contributed by atoms with E-state index in [1.807, 2.05) is 0 Å². The number of nitrogens with two attached hydrogens (primary N) is 1. The molecule has 11 heteroatoms. The lowest BCUT2D eigenvalue weighted by molar-refractivity contribution is -0.139. The molecule has 0 bridgehead atoms. The molecule has 6 N–H and O–H groups in total. The second-order valence-electron chi connectivity index (χ2n) is 3.94. The summed E-state index contributed by atoms with van der Waals surface area (Å²) >= 11 is 0. The zero-order chi connectivity index (χ0) is 15.2. The maximum atomic E-state index is 11.4. The molecule has 0 spiro atoms. The Morgan fingerprint density at radius 3 is 2.70 bits per heavy atom. The molecule has 20 heavy (non-hydrogen) atoms. The van der Waals surface area contributed by atoms with Crippen molar-refractivity contribution in [1.29, 1.82) is 0 Å². The number of nitrogens with one attached hydrogen (secondary N) is 3. The fourth-order valence-corrected chi connectivity index (χ4v) is 1.72. The molecule has 2 amide bonds. The van der Waals surface area contributed by atoms with Gasteiger partial charge < -0.3 is 20.7 Å². The van der Waals surface area contributed by atoms with Crippen molar-refractivity contribution in [3.05, 3.63) is 18.2 Å². The number of sulfonamides is 1. The first kappa shape index (κ1) is 15.9. The number of hydrogen-bond donors (Lipinski definition) is 5. The van der Waals surface area contributed by atoms with Crippen LogP contribution < -0.4 is 15.8 Å². The number of carboxylic acid groups (broad SMARTS) is 1. The third-order valence-electron chi connectivity index (χ3n) is 2.25. The number of carboxylic acids is 1. The van der Waals surface area contributed by atoms with Gasteiger partial charge in [-0.2, -0.15) is 0 Å². The van der Waals surface area contributed by atoms with E-state index >= 15 is 0 Å². The number of amides is 2. The average molecular weight is 305 g/mol. The van der Waals surface area contributed by atoms with Crippen LogP contribution >= 0.6 is 0 Å². The SMILES string of the molecule is NS(=O)(=O)CCNC(=O)N[C@@H](Cc1cnc[nH]1)C(=O)O. The van der Waals surface area contributed by atoms with Gasteiger partial charge >= 0.3 is 12.0 Å². The molecule has 1 rings (SSSR count). The number of aromatic nitrogens is 2. The van der Waals surface area contributed by atoms with Crippen LogP contribution in [0.1, 0.15) is 5.69 Å². The van der Waals surface area contributed by atoms with Gasteiger partial charge in [0.15, 0.2) is 0 Å². The van der Waals surface area contributed by atoms with Crippen molar-refractivity contribution in [2.75, 3.05) is 12.3 Å². The summed E-state index contributed by atoms with van der Waals surface area (Å²) in [5.41, 5.74) is 0.544. The van der Waals surface area contributed by atoms with Crippen LogP contribution in [0.15, 0.2) is 12.5 Å². The highest BCUT2D eigenvalue weighted by molar-refractivity contribution is 7.89. The fourth-order valence-electron chi connectivity index (χ4n) is 1.33. The summed E-state index contributed by atoms with van der Waals surface area (Å²) in [4.78, 5) is 28.9. The first-order valence-corrected chi connectivity index (χ1v) is 7.24. The number of carbonyl (C=O) groups excluding carboxylic acids is 1. The zero-order valence-electron chi connectivity index (χ0n) is 10.4. The quantitative estimate of drug-likeness (QED) is 0.390. The summed E-state index contributed by atoms with van der Waals surface area (Å²) in [6.45, 7) is -0.207. The number of rotatable bonds is 7. The van der Waals surface area contributed by atoms with Crippen LogP contribution in [0.3, 0.4) is 0 Å². The predicted octanol–water partition coefficient (Wildman–Crippen LogP) is -2.01. The Hall–Kier alpha value is -2.14. The van der Waals surface area contributed by atoms with Crippen LogP contribution in [-0.4, -0.2) is 53.8 Å². The second kappa shape index (κ2) is 6.86. The van der Waals surface area contributed by atoms with E-state index in [1.54, 1.807) is 0 Å². The number of hydrogen-bond acceptors (Lipinski definition) is 5. The van der Waals surface area contributed by atoms with Crippen LogP contribution in [0, 0.1) is 0 Å². The minimum Gasteiger partial charge on any atom is -0.480 e. The molecule has 0 saturated carbocycles. The molecule has 0 radical (unpaired) electrons. The molecule has 1 aromatic heterocycles. The highest BCUT2D eigenvalue weighted by Gasteiger charge is 2.20. The second-order valence-corrected chi connectivity index (χ2v) is 5.67. The van der Waals surface area contributed by atoms with Crippen molar-refractivity contribution in [1.82, 2.24) is 20.6 Å². The minimum absolute atomic E-state index is 0.0257. The first-order valence-electron chi connectivity index (χ1n) is 5.53. The molecule has 0 fully saturated rings. The van der Waals surface area contributed by atoms with E-state index in [0.717, 1.165) is 0 Å². The standard InChI is InChI=1S/C9H15N5O5S/c10-20(18,19)2-1-12-9(17)14-7(8(15)16)3-6-4-11-5-13-6/h4-5,7H,1-3H2,(H,11,13)(H,15,16)(H2,10,18,19)(H2,12,14,17)/t7-/m0/s1. The summed E-state index contributed by atoms with van der Waals surface area (Å²) in [6, 6.07) is -1.95. The Morgan fingerprint density at radius 1 is 1.50 bits per heavy atom. The summed E-state index contributed by atoms with van der Waals surface area (Å²) in [5.74, 6) is -1.65. The van der Waals surface area contributed by atoms with Crippen molar-refractivity contribution >= 4 is 22.0 Å². The van der Waals surface area contributed by atoms with Gasteiger partial charge in [-0.15, -0.1) is 0 Å². The van der Waals surface area contributed by atoms with Gasteiger partial charge in [0.1, 0.15) is 6.04 Å². The highest BCUT2D eigenvalue weighted by Crippen LogP contribution is 1.98. The Morgan fingerprint density at radius 2 is 2.20 bits per heavy atom. The van der Waals surface area contributed by atoms with Crippen LogP contribution in [0.4, 0.5) is 4.79 Å². The number of primary sulfonamides is 1. The maximum Gasteiger partial charge on any atom is 0.326 e. The number of carbonyl (C=O) groups is 2. The zero-order valence-corrected chi connectivity index (χ0v) is 11.2. The van der Waals surface area contributed by atoms with Gasteiger partial charge in [-0.05, 0) is 0 Å². The van der Waals surface area contributed by atoms with E-state index in [-0.39, 0.29) is 13.0 Å². The minimum atomic E-state index is -3.68. The van der Waals surface area contributed by atoms with Gasteiger partial charge in [0, 0.05) is 24.9 Å². The number of H-pyrrole nitrogens is 1. The molecule has 0 aliphatic rings. The molecular weight excluding hydrogens is 290 g/mol. The Labute approximate surface area is 114 Å². The van der Waals surface area contributed by atoms with Crippen molar-refractivity contribution in [2.45, 2.75) is 12.5 Å².